The molecule has 3 rings (SSSR count). The molecular formula is C22H16O2. The van der Waals surface area contributed by atoms with Gasteiger partial charge in [0.1, 0.15) is 0 Å². The van der Waals surface area contributed by atoms with Crippen LogP contribution < -0.4 is 0 Å². The van der Waals surface area contributed by atoms with E-state index < -0.39 is 5.97 Å². The van der Waals surface area contributed by atoms with E-state index in [0.29, 0.717) is 0 Å². The average Bonchev–Trinajstić information content (AvgIpc) is 2.60. The Bertz CT molecular complexity index is 984. The van der Waals surface area contributed by atoms with Crippen molar-refractivity contribution in [1.29, 1.82) is 0 Å². The summed E-state index contributed by atoms with van der Waals surface area (Å²) in [6.45, 7) is 1.83. The van der Waals surface area contributed by atoms with Crippen LogP contribution in [-0.4, -0.2) is 11.1 Å². The first-order chi connectivity index (χ1) is 11.7. The lowest BCUT2D eigenvalue weighted by atomic mass is 9.99. The van der Waals surface area contributed by atoms with E-state index in [0.717, 1.165) is 39.1 Å². The third kappa shape index (κ3) is 3.53. The molecule has 0 heterocycles. The van der Waals surface area contributed by atoms with Crippen molar-refractivity contribution < 1.29 is 9.90 Å². The Morgan fingerprint density at radius 1 is 0.917 bits per heavy atom. The zero-order valence-corrected chi connectivity index (χ0v) is 13.3. The van der Waals surface area contributed by atoms with Gasteiger partial charge in [0.25, 0.3) is 0 Å². The van der Waals surface area contributed by atoms with Gasteiger partial charge in [-0.2, -0.15) is 0 Å². The number of carboxylic acid groups (broad SMARTS) is 1. The van der Waals surface area contributed by atoms with Gasteiger partial charge >= 0.3 is 5.97 Å². The Hall–Kier alpha value is -3.31. The maximum absolute atomic E-state index is 10.6. The largest absolute Gasteiger partial charge is 0.478 e. The Morgan fingerprint density at radius 3 is 2.29 bits per heavy atom. The molecular weight excluding hydrogens is 296 g/mol. The van der Waals surface area contributed by atoms with Crippen LogP contribution in [0.2, 0.25) is 0 Å². The van der Waals surface area contributed by atoms with Crippen molar-refractivity contribution in [2.45, 2.75) is 6.92 Å². The van der Waals surface area contributed by atoms with Gasteiger partial charge in [-0.05, 0) is 64.7 Å². The van der Waals surface area contributed by atoms with Crippen LogP contribution in [0.25, 0.3) is 28.0 Å². The number of fused-ring (bicyclic) bond motifs is 1. The van der Waals surface area contributed by atoms with Crippen LogP contribution in [-0.2, 0) is 4.79 Å². The highest BCUT2D eigenvalue weighted by Gasteiger charge is 2.01. The number of benzene rings is 3. The van der Waals surface area contributed by atoms with Gasteiger partial charge in [0, 0.05) is 11.6 Å². The summed E-state index contributed by atoms with van der Waals surface area (Å²) >= 11 is 0. The number of hydrogen-bond acceptors (Lipinski definition) is 1. The minimum Gasteiger partial charge on any atom is -0.478 e. The minimum absolute atomic E-state index is 0.875. The normalized spacial score (nSPS) is 10.5. The fraction of sp³-hybridized carbons (Fsp3) is 0.0455. The molecule has 0 amide bonds. The number of rotatable bonds is 3. The van der Waals surface area contributed by atoms with Crippen molar-refractivity contribution in [3.63, 3.8) is 0 Å². The predicted molar refractivity (Wildman–Crippen MR) is 98.6 cm³/mol. The van der Waals surface area contributed by atoms with Gasteiger partial charge in [-0.1, -0.05) is 42.3 Å². The van der Waals surface area contributed by atoms with Gasteiger partial charge in [-0.3, -0.25) is 0 Å². The topological polar surface area (TPSA) is 37.3 Å². The smallest absolute Gasteiger partial charge is 0.328 e. The molecule has 2 nitrogen and oxygen atoms in total. The van der Waals surface area contributed by atoms with Crippen molar-refractivity contribution in [2.75, 3.05) is 0 Å². The molecule has 0 bridgehead atoms. The quantitative estimate of drug-likeness (QED) is 0.547. The zero-order chi connectivity index (χ0) is 16.9. The Balaban J connectivity index is 1.94. The van der Waals surface area contributed by atoms with E-state index in [9.17, 15) is 4.79 Å². The van der Waals surface area contributed by atoms with Crippen molar-refractivity contribution in [1.82, 2.24) is 0 Å². The molecule has 1 N–H and O–H groups in total. The second-order valence-electron chi connectivity index (χ2n) is 5.45. The highest BCUT2D eigenvalue weighted by atomic mass is 16.4. The van der Waals surface area contributed by atoms with E-state index in [1.807, 2.05) is 37.3 Å². The summed E-state index contributed by atoms with van der Waals surface area (Å²) in [6.07, 6.45) is 2.75. The molecule has 0 fully saturated rings. The highest BCUT2D eigenvalue weighted by Crippen LogP contribution is 2.25. The van der Waals surface area contributed by atoms with Crippen LogP contribution in [0.3, 0.4) is 0 Å². The first-order valence-corrected chi connectivity index (χ1v) is 7.64. The standard InChI is InChI=1S/C22H16O2/c1-2-3-16-4-8-18(9-5-16)20-12-11-19-14-17(7-13-22(23)24)6-10-21(19)15-20/h4-15H,1H3,(H,23,24)/b13-7+. The second kappa shape index (κ2) is 6.85. The molecule has 0 aliphatic rings. The molecule has 116 valence electrons. The Kier molecular flexibility index (Phi) is 4.45. The minimum atomic E-state index is -0.943. The van der Waals surface area contributed by atoms with Gasteiger partial charge in [-0.15, -0.1) is 5.92 Å². The summed E-state index contributed by atoms with van der Waals surface area (Å²) in [5.74, 6) is 5.00. The van der Waals surface area contributed by atoms with E-state index in [1.165, 1.54) is 0 Å². The first-order valence-electron chi connectivity index (χ1n) is 7.64. The van der Waals surface area contributed by atoms with E-state index in [-0.39, 0.29) is 0 Å². The van der Waals surface area contributed by atoms with Crippen molar-refractivity contribution >= 4 is 22.8 Å². The summed E-state index contributed by atoms with van der Waals surface area (Å²) in [6, 6.07) is 20.4. The molecule has 0 aliphatic heterocycles. The molecule has 0 saturated carbocycles. The second-order valence-corrected chi connectivity index (χ2v) is 5.45. The Labute approximate surface area is 141 Å². The summed E-state index contributed by atoms with van der Waals surface area (Å²) < 4.78 is 0. The van der Waals surface area contributed by atoms with Crippen LogP contribution >= 0.6 is 0 Å². The van der Waals surface area contributed by atoms with E-state index in [4.69, 9.17) is 5.11 Å². The summed E-state index contributed by atoms with van der Waals surface area (Å²) in [7, 11) is 0. The van der Waals surface area contributed by atoms with E-state index >= 15 is 0 Å². The lowest BCUT2D eigenvalue weighted by molar-refractivity contribution is -0.131. The maximum atomic E-state index is 10.6. The molecule has 0 aromatic heterocycles. The van der Waals surface area contributed by atoms with Gasteiger partial charge < -0.3 is 5.11 Å². The van der Waals surface area contributed by atoms with Crippen LogP contribution in [0.1, 0.15) is 18.1 Å². The molecule has 0 spiro atoms. The van der Waals surface area contributed by atoms with Gasteiger partial charge in [0.2, 0.25) is 0 Å². The van der Waals surface area contributed by atoms with Crippen LogP contribution in [0.4, 0.5) is 0 Å². The van der Waals surface area contributed by atoms with Gasteiger partial charge in [-0.25, -0.2) is 4.79 Å². The van der Waals surface area contributed by atoms with Crippen LogP contribution in [0.5, 0.6) is 0 Å². The summed E-state index contributed by atoms with van der Waals surface area (Å²) in [5, 5.41) is 10.9. The van der Waals surface area contributed by atoms with Crippen molar-refractivity contribution in [3.05, 3.63) is 77.9 Å². The molecule has 0 saturated heterocycles. The lowest BCUT2D eigenvalue weighted by Crippen LogP contribution is -1.86. The van der Waals surface area contributed by atoms with Crippen molar-refractivity contribution in [2.24, 2.45) is 0 Å². The fourth-order valence-corrected chi connectivity index (χ4v) is 2.61. The molecule has 3 aromatic rings. The molecule has 0 atom stereocenters. The molecule has 3 aromatic carbocycles. The SMILES string of the molecule is CC#Cc1ccc(-c2ccc3cc(/C=C/C(=O)O)ccc3c2)cc1. The third-order valence-electron chi connectivity index (χ3n) is 3.77. The first kappa shape index (κ1) is 15.6. The molecule has 0 aliphatic carbocycles. The third-order valence-corrected chi connectivity index (χ3v) is 3.77. The van der Waals surface area contributed by atoms with Gasteiger partial charge in [0.15, 0.2) is 0 Å². The summed E-state index contributed by atoms with van der Waals surface area (Å²) in [5.41, 5.74) is 4.18. The van der Waals surface area contributed by atoms with Crippen LogP contribution in [0, 0.1) is 11.8 Å². The number of aliphatic carboxylic acids is 1. The van der Waals surface area contributed by atoms with E-state index in [1.54, 1.807) is 6.08 Å². The molecule has 24 heavy (non-hydrogen) atoms. The fourth-order valence-electron chi connectivity index (χ4n) is 2.61. The lowest BCUT2D eigenvalue weighted by Gasteiger charge is -2.05. The number of carbonyl (C=O) groups is 1. The van der Waals surface area contributed by atoms with Crippen LogP contribution in [0.15, 0.2) is 66.7 Å². The highest BCUT2D eigenvalue weighted by molar-refractivity contribution is 5.91. The number of hydrogen-bond donors (Lipinski definition) is 1. The molecule has 2 heteroatoms. The maximum Gasteiger partial charge on any atom is 0.328 e. The van der Waals surface area contributed by atoms with E-state index in [2.05, 4.69) is 42.2 Å². The van der Waals surface area contributed by atoms with Crippen molar-refractivity contribution in [3.8, 4) is 23.0 Å². The zero-order valence-electron chi connectivity index (χ0n) is 13.3. The average molecular weight is 312 g/mol. The predicted octanol–water partition coefficient (Wildman–Crippen LogP) is 4.98. The molecule has 0 radical (unpaired) electrons. The monoisotopic (exact) mass is 312 g/mol. The summed E-state index contributed by atoms with van der Waals surface area (Å²) in [4.78, 5) is 10.6. The number of carboxylic acids is 1. The molecule has 0 unspecified atom stereocenters. The Morgan fingerprint density at radius 2 is 1.58 bits per heavy atom. The van der Waals surface area contributed by atoms with Gasteiger partial charge in [0.05, 0.1) is 0 Å².